The van der Waals surface area contributed by atoms with Gasteiger partial charge in [0.15, 0.2) is 9.84 Å². The number of amides is 2. The van der Waals surface area contributed by atoms with Gasteiger partial charge in [0.25, 0.3) is 0 Å². The Morgan fingerprint density at radius 2 is 1.88 bits per heavy atom. The summed E-state index contributed by atoms with van der Waals surface area (Å²) in [5, 5.41) is 0. The topological polar surface area (TPSA) is 84.0 Å². The Hall–Kier alpha value is -2.09. The van der Waals surface area contributed by atoms with Crippen molar-refractivity contribution in [3.8, 4) is 5.75 Å². The minimum atomic E-state index is -3.06. The van der Waals surface area contributed by atoms with Gasteiger partial charge in [-0.2, -0.15) is 0 Å². The van der Waals surface area contributed by atoms with E-state index in [2.05, 4.69) is 0 Å². The average molecular weight is 382 g/mol. The lowest BCUT2D eigenvalue weighted by Crippen LogP contribution is -2.45. The fraction of sp³-hybridized carbons (Fsp3) is 0.556. The highest BCUT2D eigenvalue weighted by Crippen LogP contribution is 2.17. The highest BCUT2D eigenvalue weighted by atomic mass is 32.2. The predicted octanol–water partition coefficient (Wildman–Crippen LogP) is 0.732. The van der Waals surface area contributed by atoms with Gasteiger partial charge in [-0.3, -0.25) is 9.59 Å². The Bertz CT molecular complexity index is 745. The van der Waals surface area contributed by atoms with Crippen LogP contribution >= 0.6 is 0 Å². The lowest BCUT2D eigenvalue weighted by Gasteiger charge is -2.27. The van der Waals surface area contributed by atoms with Gasteiger partial charge in [-0.05, 0) is 30.5 Å². The summed E-state index contributed by atoms with van der Waals surface area (Å²) in [7, 11) is 0.153. The molecular formula is C18H26N2O5S. The van der Waals surface area contributed by atoms with Crippen molar-refractivity contribution in [2.24, 2.45) is 0 Å². The van der Waals surface area contributed by atoms with E-state index in [0.29, 0.717) is 19.4 Å². The number of hydrogen-bond acceptors (Lipinski definition) is 5. The van der Waals surface area contributed by atoms with E-state index in [1.54, 1.807) is 14.2 Å². The number of hydrogen-bond donors (Lipinski definition) is 0. The van der Waals surface area contributed by atoms with Gasteiger partial charge in [-0.1, -0.05) is 12.1 Å². The third-order valence-electron chi connectivity index (χ3n) is 4.75. The molecule has 1 unspecified atom stereocenters. The summed E-state index contributed by atoms with van der Waals surface area (Å²) in [6.45, 7) is 1.81. The number of likely N-dealkylation sites (N-methyl/N-ethyl adjacent to an activating group) is 1. The monoisotopic (exact) mass is 382 g/mol. The summed E-state index contributed by atoms with van der Waals surface area (Å²) < 4.78 is 28.3. The maximum absolute atomic E-state index is 12.5. The highest BCUT2D eigenvalue weighted by Gasteiger charge is 2.33. The molecule has 7 nitrogen and oxygen atoms in total. The zero-order valence-electron chi connectivity index (χ0n) is 15.5. The quantitative estimate of drug-likeness (QED) is 0.694. The lowest BCUT2D eigenvalue weighted by molar-refractivity contribution is -0.139. The Balaban J connectivity index is 1.92. The maximum Gasteiger partial charge on any atom is 0.242 e. The number of ether oxygens (including phenoxy) is 1. The van der Waals surface area contributed by atoms with Crippen molar-refractivity contribution in [1.29, 1.82) is 0 Å². The standard InChI is InChI=1S/C18H26N2O5S/c1-14(21)20(10-8-15-4-6-17(25-3)7-5-15)12-18(22)19(2)16-9-11-26(23,24)13-16/h4-7,16H,8-13H2,1-3H3. The van der Waals surface area contributed by atoms with E-state index >= 15 is 0 Å². The normalized spacial score (nSPS) is 18.3. The Morgan fingerprint density at radius 3 is 2.38 bits per heavy atom. The molecule has 0 aromatic heterocycles. The third-order valence-corrected chi connectivity index (χ3v) is 6.50. The molecule has 1 atom stereocenters. The van der Waals surface area contributed by atoms with Crippen molar-refractivity contribution < 1.29 is 22.7 Å². The first-order chi connectivity index (χ1) is 12.2. The average Bonchev–Trinajstić information content (AvgIpc) is 2.97. The largest absolute Gasteiger partial charge is 0.497 e. The van der Waals surface area contributed by atoms with Gasteiger partial charge in [0.05, 0.1) is 25.2 Å². The van der Waals surface area contributed by atoms with Crippen molar-refractivity contribution in [3.63, 3.8) is 0 Å². The van der Waals surface area contributed by atoms with Crippen LogP contribution in [0.25, 0.3) is 0 Å². The molecule has 1 aromatic carbocycles. The van der Waals surface area contributed by atoms with Crippen LogP contribution in [0.4, 0.5) is 0 Å². The van der Waals surface area contributed by atoms with Crippen LogP contribution in [0.1, 0.15) is 18.9 Å². The van der Waals surface area contributed by atoms with E-state index in [1.807, 2.05) is 24.3 Å². The molecule has 1 aromatic rings. The zero-order valence-corrected chi connectivity index (χ0v) is 16.3. The van der Waals surface area contributed by atoms with E-state index in [0.717, 1.165) is 11.3 Å². The maximum atomic E-state index is 12.5. The second kappa shape index (κ2) is 8.53. The number of rotatable bonds is 7. The van der Waals surface area contributed by atoms with E-state index in [1.165, 1.54) is 16.7 Å². The molecule has 0 aliphatic carbocycles. The second-order valence-electron chi connectivity index (χ2n) is 6.60. The van der Waals surface area contributed by atoms with Gasteiger partial charge in [-0.25, -0.2) is 8.42 Å². The molecule has 8 heteroatoms. The number of nitrogens with zero attached hydrogens (tertiary/aromatic N) is 2. The Morgan fingerprint density at radius 1 is 1.23 bits per heavy atom. The zero-order chi connectivity index (χ0) is 19.3. The van der Waals surface area contributed by atoms with Crippen LogP contribution in [-0.2, 0) is 25.8 Å². The number of carbonyl (C=O) groups is 2. The van der Waals surface area contributed by atoms with Crippen LogP contribution in [0.15, 0.2) is 24.3 Å². The Labute approximate surface area is 154 Å². The van der Waals surface area contributed by atoms with Crippen LogP contribution in [0.2, 0.25) is 0 Å². The third kappa shape index (κ3) is 5.45. The molecule has 26 heavy (non-hydrogen) atoms. The first-order valence-electron chi connectivity index (χ1n) is 8.56. The first-order valence-corrected chi connectivity index (χ1v) is 10.4. The summed E-state index contributed by atoms with van der Waals surface area (Å²) in [6.07, 6.45) is 1.08. The first kappa shape index (κ1) is 20.2. The molecule has 2 amide bonds. The van der Waals surface area contributed by atoms with Crippen molar-refractivity contribution in [2.75, 3.05) is 38.8 Å². The van der Waals surface area contributed by atoms with Gasteiger partial charge in [-0.15, -0.1) is 0 Å². The molecule has 1 heterocycles. The Kier molecular flexibility index (Phi) is 6.63. The summed E-state index contributed by atoms with van der Waals surface area (Å²) >= 11 is 0. The van der Waals surface area contributed by atoms with Gasteiger partial charge < -0.3 is 14.5 Å². The minimum absolute atomic E-state index is 0.00115. The van der Waals surface area contributed by atoms with Crippen molar-refractivity contribution in [2.45, 2.75) is 25.8 Å². The number of methoxy groups -OCH3 is 1. The van der Waals surface area contributed by atoms with Gasteiger partial charge >= 0.3 is 0 Å². The van der Waals surface area contributed by atoms with E-state index in [-0.39, 0.29) is 35.9 Å². The number of benzene rings is 1. The van der Waals surface area contributed by atoms with Gasteiger partial charge in [0, 0.05) is 26.6 Å². The molecule has 1 aliphatic heterocycles. The minimum Gasteiger partial charge on any atom is -0.497 e. The number of carbonyl (C=O) groups excluding carboxylic acids is 2. The van der Waals surface area contributed by atoms with Crippen molar-refractivity contribution in [1.82, 2.24) is 9.80 Å². The van der Waals surface area contributed by atoms with Crippen LogP contribution < -0.4 is 4.74 Å². The number of sulfone groups is 1. The predicted molar refractivity (Wildman–Crippen MR) is 98.8 cm³/mol. The highest BCUT2D eigenvalue weighted by molar-refractivity contribution is 7.91. The van der Waals surface area contributed by atoms with Crippen LogP contribution in [0.3, 0.4) is 0 Å². The van der Waals surface area contributed by atoms with E-state index in [9.17, 15) is 18.0 Å². The molecule has 0 radical (unpaired) electrons. The molecule has 0 N–H and O–H groups in total. The van der Waals surface area contributed by atoms with Gasteiger partial charge in [0.1, 0.15) is 5.75 Å². The molecule has 0 saturated carbocycles. The lowest BCUT2D eigenvalue weighted by atomic mass is 10.1. The van der Waals surface area contributed by atoms with Crippen molar-refractivity contribution in [3.05, 3.63) is 29.8 Å². The summed E-state index contributed by atoms with van der Waals surface area (Å²) in [5.74, 6) is 0.460. The summed E-state index contributed by atoms with van der Waals surface area (Å²) in [6, 6.07) is 7.26. The SMILES string of the molecule is COc1ccc(CCN(CC(=O)N(C)C2CCS(=O)(=O)C2)C(C)=O)cc1. The molecule has 0 spiro atoms. The fourth-order valence-corrected chi connectivity index (χ4v) is 4.74. The molecular weight excluding hydrogens is 356 g/mol. The molecule has 1 aliphatic rings. The molecule has 144 valence electrons. The molecule has 1 fully saturated rings. The fourth-order valence-electron chi connectivity index (χ4n) is 2.96. The van der Waals surface area contributed by atoms with Crippen LogP contribution in [0, 0.1) is 0 Å². The molecule has 2 rings (SSSR count). The second-order valence-corrected chi connectivity index (χ2v) is 8.83. The van der Waals surface area contributed by atoms with Crippen LogP contribution in [0.5, 0.6) is 5.75 Å². The van der Waals surface area contributed by atoms with E-state index < -0.39 is 9.84 Å². The van der Waals surface area contributed by atoms with Crippen molar-refractivity contribution >= 4 is 21.7 Å². The summed E-state index contributed by atoms with van der Waals surface area (Å²) in [4.78, 5) is 27.3. The van der Waals surface area contributed by atoms with Crippen LogP contribution in [-0.4, -0.2) is 74.8 Å². The molecule has 0 bridgehead atoms. The summed E-state index contributed by atoms with van der Waals surface area (Å²) in [5.41, 5.74) is 1.04. The van der Waals surface area contributed by atoms with E-state index in [4.69, 9.17) is 4.74 Å². The molecule has 1 saturated heterocycles. The smallest absolute Gasteiger partial charge is 0.242 e. The van der Waals surface area contributed by atoms with Gasteiger partial charge in [0.2, 0.25) is 11.8 Å².